The van der Waals surface area contributed by atoms with Gasteiger partial charge in [-0.25, -0.2) is 0 Å². The number of amides is 1. The Morgan fingerprint density at radius 2 is 1.57 bits per heavy atom. The van der Waals surface area contributed by atoms with Crippen LogP contribution in [-0.2, 0) is 12.8 Å². The van der Waals surface area contributed by atoms with E-state index < -0.39 is 0 Å². The molecule has 35 heavy (non-hydrogen) atoms. The van der Waals surface area contributed by atoms with Gasteiger partial charge in [0.05, 0.1) is 0 Å². The zero-order chi connectivity index (χ0) is 24.8. The fraction of sp³-hybridized carbons (Fsp3) is 0.333. The average Bonchev–Trinajstić information content (AvgIpc) is 2.88. The van der Waals surface area contributed by atoms with E-state index in [0.717, 1.165) is 49.8 Å². The molecule has 2 N–H and O–H groups in total. The maximum absolute atomic E-state index is 12.5. The third-order valence-corrected chi connectivity index (χ3v) is 7.01. The number of phenols is 1. The van der Waals surface area contributed by atoms with Crippen molar-refractivity contribution in [2.45, 2.75) is 45.1 Å². The molecule has 3 aromatic carbocycles. The van der Waals surface area contributed by atoms with Crippen molar-refractivity contribution >= 4 is 11.7 Å². The first-order valence-electron chi connectivity index (χ1n) is 12.4. The molecule has 0 saturated carbocycles. The largest absolute Gasteiger partial charge is 0.508 e. The van der Waals surface area contributed by atoms with Crippen LogP contribution < -0.4 is 5.32 Å². The van der Waals surface area contributed by atoms with Crippen molar-refractivity contribution in [3.8, 4) is 16.9 Å². The van der Waals surface area contributed by atoms with Gasteiger partial charge in [0.25, 0.3) is 5.91 Å². The topological polar surface area (TPSA) is 69.6 Å². The normalized spacial score (nSPS) is 15.0. The predicted octanol–water partition coefficient (Wildman–Crippen LogP) is 5.26. The second kappa shape index (κ2) is 11.3. The van der Waals surface area contributed by atoms with Gasteiger partial charge in [-0.3, -0.25) is 9.59 Å². The number of hydrogen-bond donors (Lipinski definition) is 2. The number of benzene rings is 3. The molecule has 0 heterocycles. The van der Waals surface area contributed by atoms with Gasteiger partial charge in [-0.15, -0.1) is 0 Å². The molecule has 3 aromatic rings. The number of ketones is 1. The second-order valence-electron chi connectivity index (χ2n) is 9.50. The minimum Gasteiger partial charge on any atom is -0.508 e. The summed E-state index contributed by atoms with van der Waals surface area (Å²) in [5, 5.41) is 12.8. The molecule has 1 atom stereocenters. The standard InChI is InChI=1S/C30H34N2O3/c1-21(33)22-5-7-23(8-6-22)24-9-11-26(12-10-24)30(35)31-17-3-4-18-32(2)28-15-13-25-14-16-29(34)20-27(25)19-28/h5-12,14,16,20,28,34H,3-4,13,15,17-19H2,1-2H3,(H,31,35)/t28-/m1/s1. The maximum Gasteiger partial charge on any atom is 0.251 e. The first-order chi connectivity index (χ1) is 16.9. The predicted molar refractivity (Wildman–Crippen MR) is 140 cm³/mol. The number of nitrogens with zero attached hydrogens (tertiary/aromatic N) is 1. The fourth-order valence-electron chi connectivity index (χ4n) is 4.78. The minimum atomic E-state index is -0.0551. The van der Waals surface area contributed by atoms with Crippen LogP contribution in [0.4, 0.5) is 0 Å². The molecule has 1 aliphatic rings. The van der Waals surface area contributed by atoms with Crippen molar-refractivity contribution in [2.24, 2.45) is 0 Å². The van der Waals surface area contributed by atoms with Crippen molar-refractivity contribution in [3.05, 3.63) is 89.0 Å². The molecule has 0 bridgehead atoms. The summed E-state index contributed by atoms with van der Waals surface area (Å²) in [7, 11) is 2.17. The van der Waals surface area contributed by atoms with E-state index in [9.17, 15) is 14.7 Å². The van der Waals surface area contributed by atoms with Gasteiger partial charge in [0.2, 0.25) is 0 Å². The van der Waals surface area contributed by atoms with Gasteiger partial charge in [-0.2, -0.15) is 0 Å². The van der Waals surface area contributed by atoms with E-state index in [2.05, 4.69) is 17.3 Å². The van der Waals surface area contributed by atoms with Gasteiger partial charge in [0.1, 0.15) is 5.75 Å². The van der Waals surface area contributed by atoms with Gasteiger partial charge in [-0.05, 0) is 99.1 Å². The SMILES string of the molecule is CC(=O)c1ccc(-c2ccc(C(=O)NCCCCN(C)[C@@H]3CCc4ccc(O)cc4C3)cc2)cc1. The van der Waals surface area contributed by atoms with Crippen LogP contribution in [0.25, 0.3) is 11.1 Å². The number of fused-ring (bicyclic) bond motifs is 1. The lowest BCUT2D eigenvalue weighted by molar-refractivity contribution is 0.0951. The number of unbranched alkanes of at least 4 members (excludes halogenated alkanes) is 1. The Hall–Kier alpha value is -3.44. The summed E-state index contributed by atoms with van der Waals surface area (Å²) in [6.45, 7) is 3.21. The molecule has 5 heteroatoms. The van der Waals surface area contributed by atoms with Crippen molar-refractivity contribution in [1.82, 2.24) is 10.2 Å². The van der Waals surface area contributed by atoms with Gasteiger partial charge in [-0.1, -0.05) is 42.5 Å². The minimum absolute atomic E-state index is 0.0520. The van der Waals surface area contributed by atoms with Crippen molar-refractivity contribution in [3.63, 3.8) is 0 Å². The van der Waals surface area contributed by atoms with Crippen molar-refractivity contribution < 1.29 is 14.7 Å². The Labute approximate surface area is 207 Å². The number of carbonyl (C=O) groups is 2. The Bertz CT molecular complexity index is 1170. The number of aryl methyl sites for hydroxylation is 1. The highest BCUT2D eigenvalue weighted by Crippen LogP contribution is 2.27. The molecule has 0 saturated heterocycles. The highest BCUT2D eigenvalue weighted by molar-refractivity contribution is 5.95. The van der Waals surface area contributed by atoms with E-state index in [-0.39, 0.29) is 11.7 Å². The number of nitrogens with one attached hydrogen (secondary N) is 1. The Morgan fingerprint density at radius 1 is 0.914 bits per heavy atom. The number of phenolic OH excluding ortho intramolecular Hbond substituents is 1. The molecular weight excluding hydrogens is 436 g/mol. The smallest absolute Gasteiger partial charge is 0.251 e. The molecule has 1 aliphatic carbocycles. The molecular formula is C30H34N2O3. The zero-order valence-corrected chi connectivity index (χ0v) is 20.6. The number of likely N-dealkylation sites (N-methyl/N-ethyl adjacent to an activating group) is 1. The molecule has 0 aliphatic heterocycles. The Morgan fingerprint density at radius 3 is 2.23 bits per heavy atom. The number of carbonyl (C=O) groups excluding carboxylic acids is 2. The van der Waals surface area contributed by atoms with Crippen LogP contribution in [0.15, 0.2) is 66.7 Å². The number of aromatic hydroxyl groups is 1. The van der Waals surface area contributed by atoms with Crippen LogP contribution >= 0.6 is 0 Å². The highest BCUT2D eigenvalue weighted by atomic mass is 16.3. The van der Waals surface area contributed by atoms with Gasteiger partial charge in [0, 0.05) is 23.7 Å². The highest BCUT2D eigenvalue weighted by Gasteiger charge is 2.22. The van der Waals surface area contributed by atoms with E-state index in [1.807, 2.05) is 60.7 Å². The van der Waals surface area contributed by atoms with Crippen LogP contribution in [0.5, 0.6) is 5.75 Å². The van der Waals surface area contributed by atoms with Crippen molar-refractivity contribution in [1.29, 1.82) is 0 Å². The van der Waals surface area contributed by atoms with E-state index in [1.54, 1.807) is 13.0 Å². The van der Waals surface area contributed by atoms with Crippen LogP contribution in [-0.4, -0.2) is 47.9 Å². The monoisotopic (exact) mass is 470 g/mol. The first kappa shape index (κ1) is 24.7. The summed E-state index contributed by atoms with van der Waals surface area (Å²) in [6, 6.07) is 21.3. The summed E-state index contributed by atoms with van der Waals surface area (Å²) in [4.78, 5) is 26.4. The van der Waals surface area contributed by atoms with Crippen LogP contribution in [0.2, 0.25) is 0 Å². The number of rotatable bonds is 9. The van der Waals surface area contributed by atoms with Crippen LogP contribution in [0, 0.1) is 0 Å². The molecule has 1 amide bonds. The number of hydrogen-bond acceptors (Lipinski definition) is 4. The quantitative estimate of drug-likeness (QED) is 0.331. The van der Waals surface area contributed by atoms with E-state index in [1.165, 1.54) is 11.1 Å². The third-order valence-electron chi connectivity index (χ3n) is 7.01. The lowest BCUT2D eigenvalue weighted by Gasteiger charge is -2.32. The van der Waals surface area contributed by atoms with Gasteiger partial charge >= 0.3 is 0 Å². The van der Waals surface area contributed by atoms with Crippen molar-refractivity contribution in [2.75, 3.05) is 20.1 Å². The van der Waals surface area contributed by atoms with E-state index in [4.69, 9.17) is 0 Å². The average molecular weight is 471 g/mol. The van der Waals surface area contributed by atoms with E-state index in [0.29, 0.717) is 29.5 Å². The molecule has 0 aromatic heterocycles. The lowest BCUT2D eigenvalue weighted by atomic mass is 9.87. The Balaban J connectivity index is 1.18. The number of Topliss-reactive ketones (excluding diaryl/α,β-unsaturated/α-hetero) is 1. The zero-order valence-electron chi connectivity index (χ0n) is 20.6. The maximum atomic E-state index is 12.5. The third kappa shape index (κ3) is 6.37. The summed E-state index contributed by atoms with van der Waals surface area (Å²) >= 11 is 0. The van der Waals surface area contributed by atoms with E-state index >= 15 is 0 Å². The molecule has 4 rings (SSSR count). The molecule has 5 nitrogen and oxygen atoms in total. The summed E-state index contributed by atoms with van der Waals surface area (Å²) in [6.07, 6.45) is 5.13. The molecule has 182 valence electrons. The summed E-state index contributed by atoms with van der Waals surface area (Å²) in [5.41, 5.74) is 5.99. The van der Waals surface area contributed by atoms with Gasteiger partial charge < -0.3 is 15.3 Å². The fourth-order valence-corrected chi connectivity index (χ4v) is 4.78. The molecule has 0 spiro atoms. The summed E-state index contributed by atoms with van der Waals surface area (Å²) in [5.74, 6) is 0.345. The van der Waals surface area contributed by atoms with Crippen LogP contribution in [0.1, 0.15) is 58.0 Å². The summed E-state index contributed by atoms with van der Waals surface area (Å²) < 4.78 is 0. The molecule has 0 unspecified atom stereocenters. The lowest BCUT2D eigenvalue weighted by Crippen LogP contribution is -2.37. The Kier molecular flexibility index (Phi) is 7.98. The molecule has 0 radical (unpaired) electrons. The first-order valence-corrected chi connectivity index (χ1v) is 12.4. The van der Waals surface area contributed by atoms with Crippen LogP contribution in [0.3, 0.4) is 0 Å². The molecule has 0 fully saturated rings. The second-order valence-corrected chi connectivity index (χ2v) is 9.50. The van der Waals surface area contributed by atoms with Gasteiger partial charge in [0.15, 0.2) is 5.78 Å².